The normalized spacial score (nSPS) is 19.9. The predicted molar refractivity (Wildman–Crippen MR) is 80.3 cm³/mol. The lowest BCUT2D eigenvalue weighted by molar-refractivity contribution is 0.0760. The number of carbonyl (C=O) groups is 1. The molecule has 0 amide bonds. The van der Waals surface area contributed by atoms with Crippen LogP contribution in [0.5, 0.6) is 5.75 Å². The van der Waals surface area contributed by atoms with Crippen LogP contribution in [0.15, 0.2) is 18.2 Å². The second kappa shape index (κ2) is 5.23. The molecule has 1 fully saturated rings. The van der Waals surface area contributed by atoms with E-state index in [9.17, 15) is 4.79 Å². The molecule has 0 atom stereocenters. The molecule has 1 aromatic carbocycles. The van der Waals surface area contributed by atoms with Gasteiger partial charge in [-0.15, -0.1) is 0 Å². The van der Waals surface area contributed by atoms with Gasteiger partial charge in [-0.25, -0.2) is 0 Å². The predicted octanol–water partition coefficient (Wildman–Crippen LogP) is 4.41. The van der Waals surface area contributed by atoms with Gasteiger partial charge in [-0.2, -0.15) is 0 Å². The molecule has 1 aliphatic heterocycles. The van der Waals surface area contributed by atoms with Gasteiger partial charge in [0.15, 0.2) is 5.78 Å². The van der Waals surface area contributed by atoms with Crippen molar-refractivity contribution in [3.05, 3.63) is 29.3 Å². The second-order valence-electron chi connectivity index (χ2n) is 6.84. The summed E-state index contributed by atoms with van der Waals surface area (Å²) < 4.78 is 5.54. The summed E-state index contributed by atoms with van der Waals surface area (Å²) in [7, 11) is 0. The van der Waals surface area contributed by atoms with Crippen molar-refractivity contribution >= 4 is 5.78 Å². The summed E-state index contributed by atoms with van der Waals surface area (Å²) in [4.78, 5) is 13.1. The van der Waals surface area contributed by atoms with Crippen molar-refractivity contribution in [2.45, 2.75) is 52.4 Å². The van der Waals surface area contributed by atoms with Gasteiger partial charge in [-0.3, -0.25) is 4.79 Å². The molecule has 0 bridgehead atoms. The Labute approximate surface area is 121 Å². The van der Waals surface area contributed by atoms with E-state index in [1.807, 2.05) is 12.1 Å². The Hall–Kier alpha value is -1.31. The molecule has 1 heterocycles. The van der Waals surface area contributed by atoms with Crippen molar-refractivity contribution in [2.75, 3.05) is 6.61 Å². The first-order valence-corrected chi connectivity index (χ1v) is 7.91. The van der Waals surface area contributed by atoms with E-state index in [0.29, 0.717) is 11.7 Å². The summed E-state index contributed by atoms with van der Waals surface area (Å²) in [5, 5.41) is 0. The summed E-state index contributed by atoms with van der Waals surface area (Å²) in [6.45, 7) is 5.21. The number of Topliss-reactive ketones (excluding diaryl/α,β-unsaturated/α-hetero) is 1. The molecule has 3 rings (SSSR count). The lowest BCUT2D eigenvalue weighted by atomic mass is 9.73. The summed E-state index contributed by atoms with van der Waals surface area (Å²) in [5.41, 5.74) is 2.01. The molecule has 1 aliphatic carbocycles. The largest absolute Gasteiger partial charge is 0.493 e. The summed E-state index contributed by atoms with van der Waals surface area (Å²) in [6, 6.07) is 6.02. The second-order valence-corrected chi connectivity index (χ2v) is 6.84. The number of carbonyl (C=O) groups excluding carboxylic acids is 1. The van der Waals surface area contributed by atoms with E-state index in [-0.39, 0.29) is 5.41 Å². The van der Waals surface area contributed by atoms with E-state index in [1.165, 1.54) is 18.4 Å². The zero-order valence-electron chi connectivity index (χ0n) is 12.6. The maximum Gasteiger partial charge on any atom is 0.169 e. The number of hydrogen-bond donors (Lipinski definition) is 0. The zero-order chi connectivity index (χ0) is 14.2. The van der Waals surface area contributed by atoms with Crippen molar-refractivity contribution in [3.8, 4) is 5.75 Å². The molecule has 2 heteroatoms. The minimum atomic E-state index is -0.0954. The van der Waals surface area contributed by atoms with Gasteiger partial charge in [-0.05, 0) is 48.9 Å². The molecule has 2 aliphatic rings. The van der Waals surface area contributed by atoms with Gasteiger partial charge >= 0.3 is 0 Å². The number of ketones is 1. The highest BCUT2D eigenvalue weighted by atomic mass is 16.5. The van der Waals surface area contributed by atoms with E-state index >= 15 is 0 Å². The van der Waals surface area contributed by atoms with Gasteiger partial charge in [0.1, 0.15) is 5.75 Å². The van der Waals surface area contributed by atoms with Gasteiger partial charge in [0.2, 0.25) is 0 Å². The van der Waals surface area contributed by atoms with Gasteiger partial charge in [0, 0.05) is 17.4 Å². The van der Waals surface area contributed by atoms with Crippen LogP contribution in [0.3, 0.4) is 0 Å². The maximum atomic E-state index is 13.1. The highest BCUT2D eigenvalue weighted by Crippen LogP contribution is 2.46. The number of hydrogen-bond acceptors (Lipinski definition) is 2. The molecule has 108 valence electrons. The third kappa shape index (κ3) is 2.36. The van der Waals surface area contributed by atoms with Crippen LogP contribution in [-0.4, -0.2) is 12.4 Å². The van der Waals surface area contributed by atoms with Gasteiger partial charge in [0.05, 0.1) is 6.61 Å². The van der Waals surface area contributed by atoms with E-state index in [0.717, 1.165) is 43.6 Å². The highest BCUT2D eigenvalue weighted by Gasteiger charge is 2.41. The SMILES string of the molecule is CC(C)CC1(C(=O)c2ccc3c(c2)CCO3)CCCC1. The summed E-state index contributed by atoms with van der Waals surface area (Å²) >= 11 is 0. The number of benzene rings is 1. The van der Waals surface area contributed by atoms with Crippen molar-refractivity contribution < 1.29 is 9.53 Å². The molecule has 0 radical (unpaired) electrons. The molecule has 0 N–H and O–H groups in total. The quantitative estimate of drug-likeness (QED) is 0.759. The van der Waals surface area contributed by atoms with Crippen LogP contribution >= 0.6 is 0 Å². The molecular formula is C18H24O2. The molecule has 0 spiro atoms. The molecule has 20 heavy (non-hydrogen) atoms. The molecule has 0 aromatic heterocycles. The third-order valence-corrected chi connectivity index (χ3v) is 4.79. The Morgan fingerprint density at radius 3 is 2.75 bits per heavy atom. The topological polar surface area (TPSA) is 26.3 Å². The Balaban J connectivity index is 1.90. The average Bonchev–Trinajstić information content (AvgIpc) is 3.05. The Kier molecular flexibility index (Phi) is 3.57. The Morgan fingerprint density at radius 1 is 1.30 bits per heavy atom. The molecule has 0 saturated heterocycles. The van der Waals surface area contributed by atoms with Crippen molar-refractivity contribution in [1.29, 1.82) is 0 Å². The smallest absolute Gasteiger partial charge is 0.169 e. The fraction of sp³-hybridized carbons (Fsp3) is 0.611. The number of fused-ring (bicyclic) bond motifs is 1. The molecule has 1 aromatic rings. The van der Waals surface area contributed by atoms with Crippen LogP contribution in [0.25, 0.3) is 0 Å². The zero-order valence-corrected chi connectivity index (χ0v) is 12.6. The van der Waals surface area contributed by atoms with Crippen LogP contribution < -0.4 is 4.74 Å². The third-order valence-electron chi connectivity index (χ3n) is 4.79. The average molecular weight is 272 g/mol. The first kappa shape index (κ1) is 13.7. The van der Waals surface area contributed by atoms with Gasteiger partial charge < -0.3 is 4.74 Å². The highest BCUT2D eigenvalue weighted by molar-refractivity contribution is 6.01. The number of rotatable bonds is 4. The summed E-state index contributed by atoms with van der Waals surface area (Å²) in [6.07, 6.45) is 6.50. The van der Waals surface area contributed by atoms with E-state index in [2.05, 4.69) is 19.9 Å². The van der Waals surface area contributed by atoms with E-state index < -0.39 is 0 Å². The first-order chi connectivity index (χ1) is 9.61. The van der Waals surface area contributed by atoms with Crippen molar-refractivity contribution in [2.24, 2.45) is 11.3 Å². The van der Waals surface area contributed by atoms with Crippen LogP contribution in [-0.2, 0) is 6.42 Å². The Bertz CT molecular complexity index is 510. The maximum absolute atomic E-state index is 13.1. The molecular weight excluding hydrogens is 248 g/mol. The minimum Gasteiger partial charge on any atom is -0.493 e. The monoisotopic (exact) mass is 272 g/mol. The molecule has 2 nitrogen and oxygen atoms in total. The van der Waals surface area contributed by atoms with Crippen molar-refractivity contribution in [1.82, 2.24) is 0 Å². The van der Waals surface area contributed by atoms with E-state index in [4.69, 9.17) is 4.74 Å². The fourth-order valence-electron chi connectivity index (χ4n) is 3.99. The molecule has 0 unspecified atom stereocenters. The lowest BCUT2D eigenvalue weighted by Crippen LogP contribution is -2.30. The summed E-state index contributed by atoms with van der Waals surface area (Å²) in [5.74, 6) is 1.92. The van der Waals surface area contributed by atoms with Gasteiger partial charge in [0.25, 0.3) is 0 Å². The fourth-order valence-corrected chi connectivity index (χ4v) is 3.99. The standard InChI is InChI=1S/C18H24O2/c1-13(2)12-18(8-3-4-9-18)17(19)15-5-6-16-14(11-15)7-10-20-16/h5-6,11,13H,3-4,7-10,12H2,1-2H3. The van der Waals surface area contributed by atoms with Crippen molar-refractivity contribution in [3.63, 3.8) is 0 Å². The minimum absolute atomic E-state index is 0.0954. The van der Waals surface area contributed by atoms with Crippen LogP contribution in [0.2, 0.25) is 0 Å². The van der Waals surface area contributed by atoms with Gasteiger partial charge in [-0.1, -0.05) is 26.7 Å². The van der Waals surface area contributed by atoms with Crippen LogP contribution in [0, 0.1) is 11.3 Å². The molecule has 1 saturated carbocycles. The van der Waals surface area contributed by atoms with E-state index in [1.54, 1.807) is 0 Å². The van der Waals surface area contributed by atoms with Crippen LogP contribution in [0.1, 0.15) is 61.9 Å². The first-order valence-electron chi connectivity index (χ1n) is 7.91. The van der Waals surface area contributed by atoms with Crippen LogP contribution in [0.4, 0.5) is 0 Å². The Morgan fingerprint density at radius 2 is 2.05 bits per heavy atom. The lowest BCUT2D eigenvalue weighted by Gasteiger charge is -2.29. The number of ether oxygens (including phenoxy) is 1.